The summed E-state index contributed by atoms with van der Waals surface area (Å²) in [5.74, 6) is 0.0927. The van der Waals surface area contributed by atoms with Crippen molar-refractivity contribution in [2.24, 2.45) is 0 Å². The predicted molar refractivity (Wildman–Crippen MR) is 85.8 cm³/mol. The molecule has 0 unspecified atom stereocenters. The number of amides is 1. The second kappa shape index (κ2) is 8.17. The van der Waals surface area contributed by atoms with E-state index in [9.17, 15) is 9.18 Å². The van der Waals surface area contributed by atoms with Gasteiger partial charge in [0.1, 0.15) is 11.6 Å². The van der Waals surface area contributed by atoms with Gasteiger partial charge < -0.3 is 10.1 Å². The molecule has 116 valence electrons. The van der Waals surface area contributed by atoms with Gasteiger partial charge in [0.25, 0.3) is 5.91 Å². The Hall–Kier alpha value is -2.36. The van der Waals surface area contributed by atoms with Crippen molar-refractivity contribution in [3.05, 3.63) is 59.9 Å². The number of hydrogen-bond acceptors (Lipinski definition) is 2. The van der Waals surface area contributed by atoms with Gasteiger partial charge in [-0.25, -0.2) is 4.39 Å². The van der Waals surface area contributed by atoms with E-state index in [1.54, 1.807) is 36.4 Å². The normalized spacial score (nSPS) is 10.3. The average molecular weight is 301 g/mol. The third-order valence-corrected chi connectivity index (χ3v) is 3.22. The Kier molecular flexibility index (Phi) is 5.95. The fourth-order valence-electron chi connectivity index (χ4n) is 2.01. The number of carbonyl (C=O) groups is 1. The average Bonchev–Trinajstić information content (AvgIpc) is 2.52. The number of benzene rings is 2. The summed E-state index contributed by atoms with van der Waals surface area (Å²) in [6.45, 7) is 2.83. The summed E-state index contributed by atoms with van der Waals surface area (Å²) in [6.07, 6.45) is 3.33. The summed E-state index contributed by atoms with van der Waals surface area (Å²) in [7, 11) is 0. The van der Waals surface area contributed by atoms with Crippen molar-refractivity contribution < 1.29 is 13.9 Å². The van der Waals surface area contributed by atoms with E-state index in [2.05, 4.69) is 12.2 Å². The largest absolute Gasteiger partial charge is 0.494 e. The minimum absolute atomic E-state index is 0.275. The number of halogens is 1. The maximum atomic E-state index is 13.1. The van der Waals surface area contributed by atoms with E-state index in [1.165, 1.54) is 12.1 Å². The summed E-state index contributed by atoms with van der Waals surface area (Å²) < 4.78 is 18.7. The fourth-order valence-corrected chi connectivity index (χ4v) is 2.01. The van der Waals surface area contributed by atoms with Crippen molar-refractivity contribution in [3.8, 4) is 5.75 Å². The highest BCUT2D eigenvalue weighted by Gasteiger charge is 2.06. The molecule has 0 aromatic heterocycles. The lowest BCUT2D eigenvalue weighted by Crippen LogP contribution is -2.11. The summed E-state index contributed by atoms with van der Waals surface area (Å²) in [4.78, 5) is 12.1. The summed E-state index contributed by atoms with van der Waals surface area (Å²) in [6, 6.07) is 12.8. The van der Waals surface area contributed by atoms with Crippen LogP contribution >= 0.6 is 0 Å². The van der Waals surface area contributed by atoms with E-state index in [1.807, 2.05) is 0 Å². The molecule has 0 aliphatic carbocycles. The molecule has 1 amide bonds. The molecular weight excluding hydrogens is 281 g/mol. The number of nitrogens with one attached hydrogen (secondary N) is 1. The Labute approximate surface area is 130 Å². The van der Waals surface area contributed by atoms with Gasteiger partial charge in [-0.1, -0.05) is 25.8 Å². The maximum Gasteiger partial charge on any atom is 0.255 e. The molecule has 0 atom stereocenters. The molecule has 0 aliphatic rings. The molecule has 0 spiro atoms. The van der Waals surface area contributed by atoms with Crippen LogP contribution in [0.1, 0.15) is 36.5 Å². The van der Waals surface area contributed by atoms with Gasteiger partial charge in [0.05, 0.1) is 6.61 Å². The van der Waals surface area contributed by atoms with Crippen molar-refractivity contribution in [1.82, 2.24) is 0 Å². The van der Waals surface area contributed by atoms with Gasteiger partial charge in [-0.2, -0.15) is 0 Å². The summed E-state index contributed by atoms with van der Waals surface area (Å²) >= 11 is 0. The number of ether oxygens (including phenoxy) is 1. The second-order valence-corrected chi connectivity index (χ2v) is 5.04. The lowest BCUT2D eigenvalue weighted by atomic mass is 10.2. The van der Waals surface area contributed by atoms with Crippen LogP contribution in [-0.4, -0.2) is 12.5 Å². The highest BCUT2D eigenvalue weighted by molar-refractivity contribution is 6.04. The van der Waals surface area contributed by atoms with Crippen LogP contribution in [0.2, 0.25) is 0 Å². The van der Waals surface area contributed by atoms with Gasteiger partial charge in [0, 0.05) is 11.3 Å². The number of rotatable bonds is 7. The van der Waals surface area contributed by atoms with E-state index < -0.39 is 0 Å². The molecular formula is C18H20FNO2. The lowest BCUT2D eigenvalue weighted by molar-refractivity contribution is 0.102. The first-order valence-corrected chi connectivity index (χ1v) is 7.49. The van der Waals surface area contributed by atoms with Crippen molar-refractivity contribution in [3.63, 3.8) is 0 Å². The van der Waals surface area contributed by atoms with E-state index in [-0.39, 0.29) is 11.7 Å². The molecule has 0 fully saturated rings. The topological polar surface area (TPSA) is 38.3 Å². The minimum Gasteiger partial charge on any atom is -0.494 e. The number of unbranched alkanes of at least 4 members (excludes halogenated alkanes) is 2. The zero-order chi connectivity index (χ0) is 15.8. The van der Waals surface area contributed by atoms with E-state index in [0.717, 1.165) is 25.0 Å². The second-order valence-electron chi connectivity index (χ2n) is 5.04. The molecule has 3 nitrogen and oxygen atoms in total. The minimum atomic E-state index is -0.381. The molecule has 2 rings (SSSR count). The van der Waals surface area contributed by atoms with E-state index >= 15 is 0 Å². The van der Waals surface area contributed by atoms with Crippen LogP contribution in [0.5, 0.6) is 5.75 Å². The highest BCUT2D eigenvalue weighted by Crippen LogP contribution is 2.15. The van der Waals surface area contributed by atoms with Gasteiger partial charge in [-0.05, 0) is 48.9 Å². The van der Waals surface area contributed by atoms with Gasteiger partial charge in [-0.15, -0.1) is 0 Å². The number of carbonyl (C=O) groups excluding carboxylic acids is 1. The number of hydrogen-bond donors (Lipinski definition) is 1. The Morgan fingerprint density at radius 2 is 1.91 bits per heavy atom. The van der Waals surface area contributed by atoms with Crippen LogP contribution < -0.4 is 10.1 Å². The summed E-state index contributed by atoms with van der Waals surface area (Å²) in [5, 5.41) is 2.66. The molecule has 0 aliphatic heterocycles. The van der Waals surface area contributed by atoms with Gasteiger partial charge in [0.2, 0.25) is 0 Å². The monoisotopic (exact) mass is 301 g/mol. The Balaban J connectivity index is 1.90. The van der Waals surface area contributed by atoms with Crippen LogP contribution in [-0.2, 0) is 0 Å². The third-order valence-electron chi connectivity index (χ3n) is 3.22. The summed E-state index contributed by atoms with van der Waals surface area (Å²) in [5.41, 5.74) is 0.940. The zero-order valence-electron chi connectivity index (χ0n) is 12.6. The number of anilines is 1. The maximum absolute atomic E-state index is 13.1. The van der Waals surface area contributed by atoms with E-state index in [4.69, 9.17) is 4.74 Å². The van der Waals surface area contributed by atoms with Crippen LogP contribution in [0.3, 0.4) is 0 Å². The lowest BCUT2D eigenvalue weighted by Gasteiger charge is -2.08. The van der Waals surface area contributed by atoms with E-state index in [0.29, 0.717) is 17.9 Å². The van der Waals surface area contributed by atoms with Crippen molar-refractivity contribution in [1.29, 1.82) is 0 Å². The van der Waals surface area contributed by atoms with Crippen LogP contribution in [0.4, 0.5) is 10.1 Å². The molecule has 0 saturated carbocycles. The van der Waals surface area contributed by atoms with Crippen molar-refractivity contribution in [2.45, 2.75) is 26.2 Å². The first-order valence-electron chi connectivity index (χ1n) is 7.49. The highest BCUT2D eigenvalue weighted by atomic mass is 19.1. The van der Waals surface area contributed by atoms with Crippen LogP contribution in [0.25, 0.3) is 0 Å². The Morgan fingerprint density at radius 1 is 1.14 bits per heavy atom. The predicted octanol–water partition coefficient (Wildman–Crippen LogP) is 4.65. The molecule has 0 heterocycles. The van der Waals surface area contributed by atoms with Crippen LogP contribution in [0.15, 0.2) is 48.5 Å². The van der Waals surface area contributed by atoms with Crippen molar-refractivity contribution in [2.75, 3.05) is 11.9 Å². The molecule has 22 heavy (non-hydrogen) atoms. The quantitative estimate of drug-likeness (QED) is 0.756. The molecule has 4 heteroatoms. The van der Waals surface area contributed by atoms with Gasteiger partial charge in [0.15, 0.2) is 0 Å². The van der Waals surface area contributed by atoms with Gasteiger partial charge in [-0.3, -0.25) is 4.79 Å². The zero-order valence-corrected chi connectivity index (χ0v) is 12.6. The Morgan fingerprint density at radius 3 is 2.59 bits per heavy atom. The molecule has 0 radical (unpaired) electrons. The molecule has 0 bridgehead atoms. The Bertz CT molecular complexity index is 611. The molecule has 2 aromatic rings. The third kappa shape index (κ3) is 4.88. The fraction of sp³-hybridized carbons (Fsp3) is 0.278. The first kappa shape index (κ1) is 16.0. The van der Waals surface area contributed by atoms with Crippen molar-refractivity contribution >= 4 is 11.6 Å². The SMILES string of the molecule is CCCCCOc1ccc(C(=O)Nc2cccc(F)c2)cc1. The molecule has 1 N–H and O–H groups in total. The van der Waals surface area contributed by atoms with Crippen LogP contribution in [0, 0.1) is 5.82 Å². The standard InChI is InChI=1S/C18H20FNO2/c1-2-3-4-12-22-17-10-8-14(9-11-17)18(21)20-16-7-5-6-15(19)13-16/h5-11,13H,2-4,12H2,1H3,(H,20,21). The molecule has 0 saturated heterocycles. The first-order chi connectivity index (χ1) is 10.7. The smallest absolute Gasteiger partial charge is 0.255 e. The molecule has 2 aromatic carbocycles. The van der Waals surface area contributed by atoms with Gasteiger partial charge >= 0.3 is 0 Å².